The Bertz CT molecular complexity index is 1670. The van der Waals surface area contributed by atoms with Crippen molar-refractivity contribution < 1.29 is 80.2 Å². The summed E-state index contributed by atoms with van der Waals surface area (Å²) in [5.41, 5.74) is 0. The molecular formula is C67H130O17P2. The van der Waals surface area contributed by atoms with Gasteiger partial charge in [-0.1, -0.05) is 291 Å². The predicted octanol–water partition coefficient (Wildman–Crippen LogP) is 19.0. The number of hydrogen-bond acceptors (Lipinski definition) is 15. The van der Waals surface area contributed by atoms with E-state index >= 15 is 0 Å². The molecule has 0 fully saturated rings. The average molecular weight is 1270 g/mol. The summed E-state index contributed by atoms with van der Waals surface area (Å²) in [6.07, 6.45) is 46.0. The second kappa shape index (κ2) is 60.6. The van der Waals surface area contributed by atoms with Crippen LogP contribution in [-0.4, -0.2) is 96.7 Å². The van der Waals surface area contributed by atoms with Gasteiger partial charge in [0.05, 0.1) is 26.4 Å². The van der Waals surface area contributed by atoms with Crippen molar-refractivity contribution in [3.63, 3.8) is 0 Å². The number of esters is 4. The molecule has 0 aliphatic heterocycles. The van der Waals surface area contributed by atoms with Gasteiger partial charge in [0.15, 0.2) is 12.2 Å². The molecule has 0 amide bonds. The summed E-state index contributed by atoms with van der Waals surface area (Å²) < 4.78 is 68.0. The van der Waals surface area contributed by atoms with Crippen LogP contribution in [0, 0.1) is 5.92 Å². The molecule has 0 aromatic rings. The third kappa shape index (κ3) is 60.9. The second-order valence-corrected chi connectivity index (χ2v) is 27.6. The number of carbonyl (C=O) groups excluding carboxylic acids is 4. The lowest BCUT2D eigenvalue weighted by Crippen LogP contribution is -2.30. The number of ether oxygens (including phenoxy) is 4. The number of rotatable bonds is 67. The van der Waals surface area contributed by atoms with Crippen molar-refractivity contribution in [3.05, 3.63) is 0 Å². The number of unbranched alkanes of at least 4 members (excludes halogenated alkanes) is 39. The maximum Gasteiger partial charge on any atom is 0.472 e. The van der Waals surface area contributed by atoms with Crippen LogP contribution in [0.1, 0.15) is 343 Å². The Balaban J connectivity index is 5.20. The molecule has 0 saturated carbocycles. The van der Waals surface area contributed by atoms with E-state index in [4.69, 9.17) is 37.0 Å². The summed E-state index contributed by atoms with van der Waals surface area (Å²) in [7, 11) is -9.89. The van der Waals surface area contributed by atoms with Crippen LogP contribution in [0.4, 0.5) is 0 Å². The lowest BCUT2D eigenvalue weighted by Gasteiger charge is -2.21. The largest absolute Gasteiger partial charge is 0.472 e. The zero-order valence-corrected chi connectivity index (χ0v) is 57.2. The highest BCUT2D eigenvalue weighted by molar-refractivity contribution is 7.47. The molecule has 5 atom stereocenters. The highest BCUT2D eigenvalue weighted by Crippen LogP contribution is 2.45. The third-order valence-corrected chi connectivity index (χ3v) is 17.4. The fraction of sp³-hybridized carbons (Fsp3) is 0.940. The molecule has 0 bridgehead atoms. The molecule has 0 rings (SSSR count). The average Bonchev–Trinajstić information content (AvgIpc) is 3.62. The highest BCUT2D eigenvalue weighted by Gasteiger charge is 2.30. The van der Waals surface area contributed by atoms with E-state index in [1.807, 2.05) is 0 Å². The lowest BCUT2D eigenvalue weighted by atomic mass is 10.0. The summed E-state index contributed by atoms with van der Waals surface area (Å²) in [6.45, 7) is 7.12. The van der Waals surface area contributed by atoms with Gasteiger partial charge in [0.1, 0.15) is 19.3 Å². The van der Waals surface area contributed by atoms with E-state index in [9.17, 15) is 43.2 Å². The Morgan fingerprint density at radius 3 is 0.791 bits per heavy atom. The Morgan fingerprint density at radius 1 is 0.314 bits per heavy atom. The van der Waals surface area contributed by atoms with Crippen LogP contribution in [0.15, 0.2) is 0 Å². The minimum absolute atomic E-state index is 0.103. The summed E-state index contributed by atoms with van der Waals surface area (Å²) in [5, 5.41) is 10.5. The van der Waals surface area contributed by atoms with Crippen molar-refractivity contribution in [1.29, 1.82) is 0 Å². The molecule has 0 radical (unpaired) electrons. The van der Waals surface area contributed by atoms with Crippen molar-refractivity contribution in [2.75, 3.05) is 39.6 Å². The first-order valence-corrected chi connectivity index (χ1v) is 38.1. The maximum atomic E-state index is 13.0. The van der Waals surface area contributed by atoms with Gasteiger partial charge in [0.2, 0.25) is 0 Å². The van der Waals surface area contributed by atoms with Crippen molar-refractivity contribution >= 4 is 39.5 Å². The topological polar surface area (TPSA) is 237 Å². The molecule has 3 N–H and O–H groups in total. The molecule has 0 aliphatic rings. The summed E-state index contributed by atoms with van der Waals surface area (Å²) in [6, 6.07) is 0. The van der Waals surface area contributed by atoms with Crippen LogP contribution in [0.5, 0.6) is 0 Å². The number of aliphatic hydroxyl groups excluding tert-OH is 1. The van der Waals surface area contributed by atoms with E-state index < -0.39 is 97.5 Å². The standard InChI is InChI=1S/C67H130O17P2/c1-6-9-12-15-18-20-22-24-25-26-28-30-32-37-42-47-52-66(71)83-63(57-78-65(70)51-46-41-36-31-29-27-23-21-19-16-13-10-7-2)59-82-86(75,76)80-55-61(68)54-79-85(73,74)81-58-62(56-77-64(69)50-45-40-34-17-14-11-8-3)84-67(72)53-48-43-38-33-35-39-44-49-60(4)5/h60-63,68H,6-59H2,1-5H3,(H,73,74)(H,75,76)/t61-,62+,63+/m0/s1. The predicted molar refractivity (Wildman–Crippen MR) is 345 cm³/mol. The Labute approximate surface area is 524 Å². The number of hydrogen-bond donors (Lipinski definition) is 3. The first kappa shape index (κ1) is 84.1. The quantitative estimate of drug-likeness (QED) is 0.0222. The number of phosphoric acid groups is 2. The SMILES string of the molecule is CCCCCCCCCCCCCCCCCCC(=O)O[C@H](COC(=O)CCCCCCCCCCCCCCC)COP(=O)(O)OC[C@@H](O)COP(=O)(O)OC[C@@H](COC(=O)CCCCCCCCC)OC(=O)CCCCCCCCCC(C)C. The van der Waals surface area contributed by atoms with Gasteiger partial charge in [-0.15, -0.1) is 0 Å². The molecule has 0 aromatic carbocycles. The van der Waals surface area contributed by atoms with Gasteiger partial charge in [0, 0.05) is 25.7 Å². The van der Waals surface area contributed by atoms with Crippen LogP contribution >= 0.6 is 15.6 Å². The van der Waals surface area contributed by atoms with E-state index in [0.29, 0.717) is 31.6 Å². The molecule has 0 aromatic heterocycles. The van der Waals surface area contributed by atoms with Gasteiger partial charge in [-0.25, -0.2) is 9.13 Å². The monoisotopic (exact) mass is 1270 g/mol. The molecule has 0 saturated heterocycles. The fourth-order valence-electron chi connectivity index (χ4n) is 10.1. The minimum atomic E-state index is -4.95. The minimum Gasteiger partial charge on any atom is -0.462 e. The normalized spacial score (nSPS) is 14.2. The van der Waals surface area contributed by atoms with E-state index in [2.05, 4.69) is 34.6 Å². The summed E-state index contributed by atoms with van der Waals surface area (Å²) in [5.74, 6) is -1.44. The summed E-state index contributed by atoms with van der Waals surface area (Å²) >= 11 is 0. The molecule has 0 aliphatic carbocycles. The number of aliphatic hydroxyl groups is 1. The molecule has 17 nitrogen and oxygen atoms in total. The Morgan fingerprint density at radius 2 is 0.535 bits per heavy atom. The second-order valence-electron chi connectivity index (χ2n) is 24.7. The molecule has 2 unspecified atom stereocenters. The maximum absolute atomic E-state index is 13.0. The van der Waals surface area contributed by atoms with Gasteiger partial charge >= 0.3 is 39.5 Å². The number of carbonyl (C=O) groups is 4. The molecule has 0 spiro atoms. The fourth-order valence-corrected chi connectivity index (χ4v) is 11.7. The zero-order valence-electron chi connectivity index (χ0n) is 55.4. The lowest BCUT2D eigenvalue weighted by molar-refractivity contribution is -0.161. The van der Waals surface area contributed by atoms with Crippen molar-refractivity contribution in [2.45, 2.75) is 361 Å². The van der Waals surface area contributed by atoms with Crippen molar-refractivity contribution in [2.24, 2.45) is 5.92 Å². The van der Waals surface area contributed by atoms with Gasteiger partial charge in [0.25, 0.3) is 0 Å². The smallest absolute Gasteiger partial charge is 0.462 e. The van der Waals surface area contributed by atoms with Gasteiger partial charge in [-0.3, -0.25) is 37.3 Å². The van der Waals surface area contributed by atoms with Crippen LogP contribution in [-0.2, 0) is 65.4 Å². The van der Waals surface area contributed by atoms with E-state index in [1.165, 1.54) is 154 Å². The van der Waals surface area contributed by atoms with Gasteiger partial charge < -0.3 is 33.8 Å². The first-order valence-electron chi connectivity index (χ1n) is 35.1. The molecule has 86 heavy (non-hydrogen) atoms. The van der Waals surface area contributed by atoms with Gasteiger partial charge in [-0.05, 0) is 31.6 Å². The Kier molecular flexibility index (Phi) is 59.2. The molecule has 0 heterocycles. The molecular weight excluding hydrogens is 1140 g/mol. The molecule has 19 heteroatoms. The van der Waals surface area contributed by atoms with E-state index in [-0.39, 0.29) is 25.7 Å². The van der Waals surface area contributed by atoms with Crippen LogP contribution < -0.4 is 0 Å². The van der Waals surface area contributed by atoms with E-state index in [1.54, 1.807) is 0 Å². The third-order valence-electron chi connectivity index (χ3n) is 15.5. The van der Waals surface area contributed by atoms with Crippen molar-refractivity contribution in [3.8, 4) is 0 Å². The zero-order chi connectivity index (χ0) is 63.5. The van der Waals surface area contributed by atoms with Crippen LogP contribution in [0.2, 0.25) is 0 Å². The van der Waals surface area contributed by atoms with Crippen LogP contribution in [0.3, 0.4) is 0 Å². The van der Waals surface area contributed by atoms with E-state index in [0.717, 1.165) is 103 Å². The Hall–Kier alpha value is -1.94. The van der Waals surface area contributed by atoms with Gasteiger partial charge in [-0.2, -0.15) is 0 Å². The first-order chi connectivity index (χ1) is 41.5. The van der Waals surface area contributed by atoms with Crippen molar-refractivity contribution in [1.82, 2.24) is 0 Å². The highest BCUT2D eigenvalue weighted by atomic mass is 31.2. The summed E-state index contributed by atoms with van der Waals surface area (Å²) in [4.78, 5) is 72.2. The molecule has 510 valence electrons. The number of phosphoric ester groups is 2. The van der Waals surface area contributed by atoms with Crippen LogP contribution in [0.25, 0.3) is 0 Å².